The van der Waals surface area contributed by atoms with Crippen LogP contribution in [-0.4, -0.2) is 27.1 Å². The van der Waals surface area contributed by atoms with Crippen LogP contribution in [0.25, 0.3) is 0 Å². The van der Waals surface area contributed by atoms with E-state index in [1.54, 1.807) is 33.5 Å². The number of ether oxygens (including phenoxy) is 3. The molecule has 0 amide bonds. The largest absolute Gasteiger partial charge is 0.496 e. The average molecular weight is 250 g/mol. The van der Waals surface area contributed by atoms with Gasteiger partial charge in [0.25, 0.3) is 0 Å². The van der Waals surface area contributed by atoms with Gasteiger partial charge in [-0.05, 0) is 12.8 Å². The van der Waals surface area contributed by atoms with Gasteiger partial charge in [-0.15, -0.1) is 0 Å². The van der Waals surface area contributed by atoms with Gasteiger partial charge in [-0.2, -0.15) is 0 Å². The Kier molecular flexibility index (Phi) is 3.75. The molecule has 0 aromatic heterocycles. The first-order valence-electron chi connectivity index (χ1n) is 6.04. The summed E-state index contributed by atoms with van der Waals surface area (Å²) in [4.78, 5) is 11.9. The van der Waals surface area contributed by atoms with Crippen molar-refractivity contribution in [3.05, 3.63) is 17.7 Å². The van der Waals surface area contributed by atoms with Gasteiger partial charge >= 0.3 is 0 Å². The summed E-state index contributed by atoms with van der Waals surface area (Å²) >= 11 is 0. The molecule has 0 spiro atoms. The zero-order valence-electron chi connectivity index (χ0n) is 11.0. The number of benzene rings is 1. The summed E-state index contributed by atoms with van der Waals surface area (Å²) < 4.78 is 16.0. The summed E-state index contributed by atoms with van der Waals surface area (Å²) in [5, 5.41) is 0. The maximum atomic E-state index is 11.9. The van der Waals surface area contributed by atoms with E-state index >= 15 is 0 Å². The fraction of sp³-hybridized carbons (Fsp3) is 0.500. The van der Waals surface area contributed by atoms with E-state index in [4.69, 9.17) is 14.2 Å². The van der Waals surface area contributed by atoms with E-state index in [9.17, 15) is 4.79 Å². The molecule has 1 aliphatic rings. The first kappa shape index (κ1) is 12.7. The van der Waals surface area contributed by atoms with Crippen molar-refractivity contribution in [2.45, 2.75) is 25.2 Å². The lowest BCUT2D eigenvalue weighted by Crippen LogP contribution is -2.08. The normalized spacial score (nSPS) is 18.8. The molecule has 0 radical (unpaired) electrons. The van der Waals surface area contributed by atoms with Crippen LogP contribution in [0.1, 0.15) is 30.7 Å². The molecule has 0 heterocycles. The standard InChI is InChI=1S/C14H18O4/c1-16-9-7-12(17-2)14(13(8-9)18-3)10-5-4-6-11(10)15/h7-8,10H,4-6H2,1-3H3. The van der Waals surface area contributed by atoms with Gasteiger partial charge in [0.2, 0.25) is 0 Å². The van der Waals surface area contributed by atoms with Crippen molar-refractivity contribution in [2.75, 3.05) is 21.3 Å². The second-order valence-electron chi connectivity index (χ2n) is 4.36. The number of rotatable bonds is 4. The summed E-state index contributed by atoms with van der Waals surface area (Å²) in [5.41, 5.74) is 0.850. The first-order valence-corrected chi connectivity index (χ1v) is 6.04. The summed E-state index contributed by atoms with van der Waals surface area (Å²) in [6, 6.07) is 3.59. The summed E-state index contributed by atoms with van der Waals surface area (Å²) in [6.07, 6.45) is 2.43. The van der Waals surface area contributed by atoms with E-state index in [0.29, 0.717) is 23.7 Å². The maximum Gasteiger partial charge on any atom is 0.140 e. The average Bonchev–Trinajstić information content (AvgIpc) is 2.82. The van der Waals surface area contributed by atoms with Gasteiger partial charge in [-0.3, -0.25) is 4.79 Å². The third kappa shape index (κ3) is 2.15. The van der Waals surface area contributed by atoms with Gasteiger partial charge in [-0.25, -0.2) is 0 Å². The Morgan fingerprint density at radius 2 is 1.67 bits per heavy atom. The molecule has 1 aromatic rings. The Labute approximate surface area is 107 Å². The van der Waals surface area contributed by atoms with Gasteiger partial charge in [0.05, 0.1) is 27.2 Å². The monoisotopic (exact) mass is 250 g/mol. The van der Waals surface area contributed by atoms with Crippen molar-refractivity contribution >= 4 is 5.78 Å². The predicted octanol–water partition coefficient (Wildman–Crippen LogP) is 2.55. The predicted molar refractivity (Wildman–Crippen MR) is 67.7 cm³/mol. The summed E-state index contributed by atoms with van der Waals surface area (Å²) in [7, 11) is 4.78. The Balaban J connectivity index is 2.52. The van der Waals surface area contributed by atoms with E-state index in [2.05, 4.69) is 0 Å². The van der Waals surface area contributed by atoms with E-state index in [-0.39, 0.29) is 11.7 Å². The van der Waals surface area contributed by atoms with E-state index in [1.165, 1.54) is 0 Å². The Hall–Kier alpha value is -1.71. The molecule has 1 fully saturated rings. The number of carbonyl (C=O) groups is 1. The zero-order chi connectivity index (χ0) is 13.1. The molecule has 98 valence electrons. The number of hydrogen-bond donors (Lipinski definition) is 0. The van der Waals surface area contributed by atoms with Gasteiger partial charge in [0, 0.05) is 24.1 Å². The molecule has 1 aliphatic carbocycles. The van der Waals surface area contributed by atoms with E-state index in [0.717, 1.165) is 18.4 Å². The van der Waals surface area contributed by atoms with Crippen LogP contribution < -0.4 is 14.2 Å². The van der Waals surface area contributed by atoms with Crippen LogP contribution >= 0.6 is 0 Å². The molecular weight excluding hydrogens is 232 g/mol. The number of Topliss-reactive ketones (excluding diaryl/α,β-unsaturated/α-hetero) is 1. The van der Waals surface area contributed by atoms with Gasteiger partial charge in [-0.1, -0.05) is 0 Å². The third-order valence-corrected chi connectivity index (χ3v) is 3.41. The quantitative estimate of drug-likeness (QED) is 0.823. The molecule has 1 unspecified atom stereocenters. The molecule has 1 saturated carbocycles. The van der Waals surface area contributed by atoms with E-state index in [1.807, 2.05) is 0 Å². The minimum atomic E-state index is -0.110. The molecule has 4 nitrogen and oxygen atoms in total. The molecule has 0 saturated heterocycles. The molecule has 4 heteroatoms. The third-order valence-electron chi connectivity index (χ3n) is 3.41. The van der Waals surface area contributed by atoms with Crippen LogP contribution in [0.2, 0.25) is 0 Å². The fourth-order valence-corrected chi connectivity index (χ4v) is 2.50. The van der Waals surface area contributed by atoms with Crippen molar-refractivity contribution in [3.8, 4) is 17.2 Å². The van der Waals surface area contributed by atoms with Crippen LogP contribution in [0, 0.1) is 0 Å². The molecule has 18 heavy (non-hydrogen) atoms. The summed E-state index contributed by atoms with van der Waals surface area (Å²) in [5.74, 6) is 2.13. The molecule has 1 aromatic carbocycles. The highest BCUT2D eigenvalue weighted by Crippen LogP contribution is 2.44. The molecule has 0 bridgehead atoms. The highest BCUT2D eigenvalue weighted by atomic mass is 16.5. The maximum absolute atomic E-state index is 11.9. The molecule has 1 atom stereocenters. The fourth-order valence-electron chi connectivity index (χ4n) is 2.50. The van der Waals surface area contributed by atoms with Gasteiger partial charge in [0.1, 0.15) is 23.0 Å². The van der Waals surface area contributed by atoms with Gasteiger partial charge in [0.15, 0.2) is 0 Å². The van der Waals surface area contributed by atoms with E-state index < -0.39 is 0 Å². The van der Waals surface area contributed by atoms with Crippen molar-refractivity contribution in [1.82, 2.24) is 0 Å². The van der Waals surface area contributed by atoms with Crippen LogP contribution in [0.3, 0.4) is 0 Å². The molecule has 0 aliphatic heterocycles. The zero-order valence-corrected chi connectivity index (χ0v) is 11.0. The lowest BCUT2D eigenvalue weighted by atomic mass is 9.94. The van der Waals surface area contributed by atoms with Crippen LogP contribution in [0.5, 0.6) is 17.2 Å². The first-order chi connectivity index (χ1) is 8.71. The SMILES string of the molecule is COc1cc(OC)c(C2CCCC2=O)c(OC)c1. The number of hydrogen-bond acceptors (Lipinski definition) is 4. The second kappa shape index (κ2) is 5.29. The Bertz CT molecular complexity index is 428. The van der Waals surface area contributed by atoms with Gasteiger partial charge < -0.3 is 14.2 Å². The number of carbonyl (C=O) groups excluding carboxylic acids is 1. The second-order valence-corrected chi connectivity index (χ2v) is 4.36. The highest BCUT2D eigenvalue weighted by Gasteiger charge is 2.31. The lowest BCUT2D eigenvalue weighted by Gasteiger charge is -2.18. The highest BCUT2D eigenvalue weighted by molar-refractivity contribution is 5.89. The van der Waals surface area contributed by atoms with Crippen molar-refractivity contribution < 1.29 is 19.0 Å². The van der Waals surface area contributed by atoms with Crippen LogP contribution in [0.15, 0.2) is 12.1 Å². The Morgan fingerprint density at radius 3 is 2.06 bits per heavy atom. The summed E-state index contributed by atoms with van der Waals surface area (Å²) in [6.45, 7) is 0. The smallest absolute Gasteiger partial charge is 0.140 e. The van der Waals surface area contributed by atoms with Crippen molar-refractivity contribution in [2.24, 2.45) is 0 Å². The Morgan fingerprint density at radius 1 is 1.06 bits per heavy atom. The topological polar surface area (TPSA) is 44.8 Å². The lowest BCUT2D eigenvalue weighted by molar-refractivity contribution is -0.118. The molecule has 0 N–H and O–H groups in total. The van der Waals surface area contributed by atoms with Crippen LogP contribution in [0.4, 0.5) is 0 Å². The van der Waals surface area contributed by atoms with Crippen molar-refractivity contribution in [3.63, 3.8) is 0 Å². The minimum Gasteiger partial charge on any atom is -0.496 e. The van der Waals surface area contributed by atoms with Crippen LogP contribution in [-0.2, 0) is 4.79 Å². The minimum absolute atomic E-state index is 0.110. The van der Waals surface area contributed by atoms with Crippen molar-refractivity contribution in [1.29, 1.82) is 0 Å². The number of methoxy groups -OCH3 is 3. The molecule has 2 rings (SSSR count). The molecular formula is C14H18O4. The number of ketones is 1.